The molecule has 3 aliphatic rings. The molecule has 2 fully saturated rings. The van der Waals surface area contributed by atoms with Crippen molar-refractivity contribution in [3.8, 4) is 11.5 Å². The maximum Gasteiger partial charge on any atom is 0.321 e. The molecule has 2 aromatic carbocycles. The van der Waals surface area contributed by atoms with E-state index in [4.69, 9.17) is 9.47 Å². The maximum atomic E-state index is 13.5. The zero-order valence-corrected chi connectivity index (χ0v) is 15.9. The summed E-state index contributed by atoms with van der Waals surface area (Å²) in [5.74, 6) is 1.30. The first kappa shape index (κ1) is 16.8. The summed E-state index contributed by atoms with van der Waals surface area (Å²) in [7, 11) is 2.20. The molecule has 0 spiro atoms. The smallest absolute Gasteiger partial charge is 0.321 e. The van der Waals surface area contributed by atoms with Crippen LogP contribution in [0.3, 0.4) is 0 Å². The Labute approximate surface area is 160 Å². The van der Waals surface area contributed by atoms with Crippen LogP contribution < -0.4 is 4.74 Å². The quantitative estimate of drug-likeness (QED) is 0.747. The molecule has 2 unspecified atom stereocenters. The fourth-order valence-electron chi connectivity index (χ4n) is 5.15. The number of carbonyl (C=O) groups is 1. The van der Waals surface area contributed by atoms with Crippen LogP contribution in [0.1, 0.15) is 43.7 Å². The lowest BCUT2D eigenvalue weighted by Crippen LogP contribution is -2.46. The first-order chi connectivity index (χ1) is 13.1. The van der Waals surface area contributed by atoms with Crippen LogP contribution in [-0.2, 0) is 14.9 Å². The van der Waals surface area contributed by atoms with Crippen LogP contribution in [0.15, 0.2) is 48.5 Å². The van der Waals surface area contributed by atoms with E-state index in [0.717, 1.165) is 35.5 Å². The summed E-state index contributed by atoms with van der Waals surface area (Å²) in [6.07, 6.45) is 4.31. The average molecular weight is 363 g/mol. The highest BCUT2D eigenvalue weighted by molar-refractivity contribution is 5.90. The van der Waals surface area contributed by atoms with E-state index in [0.29, 0.717) is 12.1 Å². The molecule has 0 radical (unpaired) electrons. The number of fused-ring (bicyclic) bond motifs is 4. The van der Waals surface area contributed by atoms with E-state index in [9.17, 15) is 4.79 Å². The van der Waals surface area contributed by atoms with Crippen molar-refractivity contribution in [1.29, 1.82) is 0 Å². The summed E-state index contributed by atoms with van der Waals surface area (Å²) in [5.41, 5.74) is 0.905. The lowest BCUT2D eigenvalue weighted by atomic mass is 9.74. The summed E-state index contributed by atoms with van der Waals surface area (Å²) in [5, 5.41) is 0. The lowest BCUT2D eigenvalue weighted by Gasteiger charge is -2.39. The predicted octanol–water partition coefficient (Wildman–Crippen LogP) is 4.27. The van der Waals surface area contributed by atoms with Crippen LogP contribution in [0, 0.1) is 0 Å². The van der Waals surface area contributed by atoms with Gasteiger partial charge in [0.05, 0.1) is 0 Å². The van der Waals surface area contributed by atoms with Gasteiger partial charge in [-0.05, 0) is 51.8 Å². The SMILES string of the molecule is CN1C2CCC1CC(OC(=O)C1(C)c3ccccc3Oc3ccccc31)C2. The molecule has 2 aromatic rings. The van der Waals surface area contributed by atoms with E-state index in [2.05, 4.69) is 11.9 Å². The fourth-order valence-corrected chi connectivity index (χ4v) is 5.15. The topological polar surface area (TPSA) is 38.8 Å². The maximum absolute atomic E-state index is 13.5. The van der Waals surface area contributed by atoms with Gasteiger partial charge in [0.2, 0.25) is 0 Å². The molecule has 3 heterocycles. The van der Waals surface area contributed by atoms with Crippen molar-refractivity contribution in [2.75, 3.05) is 7.05 Å². The third kappa shape index (κ3) is 2.50. The number of esters is 1. The summed E-state index contributed by atoms with van der Waals surface area (Å²) in [6, 6.07) is 16.7. The van der Waals surface area contributed by atoms with Crippen molar-refractivity contribution in [1.82, 2.24) is 4.90 Å². The number of carbonyl (C=O) groups excluding carboxylic acids is 1. The Morgan fingerprint density at radius 1 is 1.00 bits per heavy atom. The highest BCUT2D eigenvalue weighted by atomic mass is 16.5. The third-order valence-electron chi connectivity index (χ3n) is 6.81. The molecule has 0 saturated carbocycles. The number of para-hydroxylation sites is 2. The van der Waals surface area contributed by atoms with Crippen LogP contribution in [0.2, 0.25) is 0 Å². The molecule has 3 aliphatic heterocycles. The van der Waals surface area contributed by atoms with Crippen molar-refractivity contribution in [2.24, 2.45) is 0 Å². The van der Waals surface area contributed by atoms with Gasteiger partial charge in [0.25, 0.3) is 0 Å². The van der Waals surface area contributed by atoms with Gasteiger partial charge in [-0.1, -0.05) is 36.4 Å². The molecule has 4 nitrogen and oxygen atoms in total. The fraction of sp³-hybridized carbons (Fsp3) is 0.435. The summed E-state index contributed by atoms with van der Waals surface area (Å²) < 4.78 is 12.2. The minimum absolute atomic E-state index is 0.00481. The van der Waals surface area contributed by atoms with E-state index < -0.39 is 5.41 Å². The highest BCUT2D eigenvalue weighted by Gasteiger charge is 2.48. The second-order valence-electron chi connectivity index (χ2n) is 8.27. The van der Waals surface area contributed by atoms with Crippen molar-refractivity contribution in [3.05, 3.63) is 59.7 Å². The van der Waals surface area contributed by atoms with Gasteiger partial charge in [-0.2, -0.15) is 0 Å². The minimum Gasteiger partial charge on any atom is -0.461 e. The summed E-state index contributed by atoms with van der Waals surface area (Å²) >= 11 is 0. The standard InChI is InChI=1S/C23H25NO3/c1-23(22(25)26-17-13-15-11-12-16(14-17)24(15)2)18-7-3-5-9-20(18)27-21-10-6-4-8-19(21)23/h3-10,15-17H,11-14H2,1-2H3. The molecule has 0 N–H and O–H groups in total. The predicted molar refractivity (Wildman–Crippen MR) is 103 cm³/mol. The molecule has 0 aliphatic carbocycles. The molecule has 27 heavy (non-hydrogen) atoms. The molecule has 2 bridgehead atoms. The van der Waals surface area contributed by atoms with Gasteiger partial charge in [0, 0.05) is 23.2 Å². The van der Waals surface area contributed by atoms with Crippen LogP contribution >= 0.6 is 0 Å². The van der Waals surface area contributed by atoms with Crippen LogP contribution in [0.5, 0.6) is 11.5 Å². The normalized spacial score (nSPS) is 28.0. The Kier molecular flexibility index (Phi) is 3.80. The van der Waals surface area contributed by atoms with Crippen LogP contribution in [-0.4, -0.2) is 36.1 Å². The van der Waals surface area contributed by atoms with Gasteiger partial charge in [-0.3, -0.25) is 4.79 Å². The van der Waals surface area contributed by atoms with Crippen molar-refractivity contribution < 1.29 is 14.3 Å². The molecular weight excluding hydrogens is 338 g/mol. The van der Waals surface area contributed by atoms with Crippen molar-refractivity contribution in [3.63, 3.8) is 0 Å². The van der Waals surface area contributed by atoms with Crippen molar-refractivity contribution >= 4 is 5.97 Å². The van der Waals surface area contributed by atoms with Crippen LogP contribution in [0.25, 0.3) is 0 Å². The number of nitrogens with zero attached hydrogens (tertiary/aromatic N) is 1. The minimum atomic E-state index is -0.853. The van der Waals surface area contributed by atoms with Crippen molar-refractivity contribution in [2.45, 2.75) is 56.2 Å². The lowest BCUT2D eigenvalue weighted by molar-refractivity contribution is -0.157. The van der Waals surface area contributed by atoms with E-state index in [-0.39, 0.29) is 12.1 Å². The Balaban J connectivity index is 1.49. The number of ether oxygens (including phenoxy) is 2. The number of hydrogen-bond acceptors (Lipinski definition) is 4. The number of hydrogen-bond donors (Lipinski definition) is 0. The molecule has 0 amide bonds. The second-order valence-corrected chi connectivity index (χ2v) is 8.27. The number of piperidine rings is 1. The van der Waals surface area contributed by atoms with Crippen LogP contribution in [0.4, 0.5) is 0 Å². The molecule has 140 valence electrons. The summed E-state index contributed by atoms with van der Waals surface area (Å²) in [6.45, 7) is 1.97. The van der Waals surface area contributed by atoms with Gasteiger partial charge in [-0.15, -0.1) is 0 Å². The largest absolute Gasteiger partial charge is 0.461 e. The zero-order valence-electron chi connectivity index (χ0n) is 15.9. The van der Waals surface area contributed by atoms with Gasteiger partial charge >= 0.3 is 5.97 Å². The average Bonchev–Trinajstić information content (AvgIpc) is 2.89. The monoisotopic (exact) mass is 363 g/mol. The molecule has 2 saturated heterocycles. The van der Waals surface area contributed by atoms with E-state index in [1.807, 2.05) is 55.5 Å². The van der Waals surface area contributed by atoms with E-state index in [1.54, 1.807) is 0 Å². The zero-order chi connectivity index (χ0) is 18.6. The molecule has 5 rings (SSSR count). The van der Waals surface area contributed by atoms with Gasteiger partial charge in [-0.25, -0.2) is 0 Å². The Bertz CT molecular complexity index is 833. The van der Waals surface area contributed by atoms with Gasteiger partial charge in [0.15, 0.2) is 0 Å². The Hall–Kier alpha value is -2.33. The van der Waals surface area contributed by atoms with E-state index >= 15 is 0 Å². The second kappa shape index (κ2) is 6.10. The number of rotatable bonds is 2. The Morgan fingerprint density at radius 3 is 2.07 bits per heavy atom. The Morgan fingerprint density at radius 2 is 1.52 bits per heavy atom. The van der Waals surface area contributed by atoms with Gasteiger partial charge in [0.1, 0.15) is 23.0 Å². The number of benzene rings is 2. The first-order valence-corrected chi connectivity index (χ1v) is 9.87. The summed E-state index contributed by atoms with van der Waals surface area (Å²) in [4.78, 5) is 16.0. The third-order valence-corrected chi connectivity index (χ3v) is 6.81. The highest BCUT2D eigenvalue weighted by Crippen LogP contribution is 2.49. The molecule has 4 heteroatoms. The molecule has 0 aromatic heterocycles. The van der Waals surface area contributed by atoms with Gasteiger partial charge < -0.3 is 14.4 Å². The molecular formula is C23H25NO3. The molecule has 2 atom stereocenters. The van der Waals surface area contributed by atoms with E-state index in [1.165, 1.54) is 12.8 Å². The first-order valence-electron chi connectivity index (χ1n) is 9.87.